The predicted octanol–water partition coefficient (Wildman–Crippen LogP) is 2.22. The number of hydrogen-bond acceptors (Lipinski definition) is 4. The molecule has 2 saturated heterocycles. The van der Waals surface area contributed by atoms with Gasteiger partial charge in [-0.05, 0) is 43.5 Å². The van der Waals surface area contributed by atoms with Gasteiger partial charge in [-0.15, -0.1) is 0 Å². The third-order valence-corrected chi connectivity index (χ3v) is 5.90. The van der Waals surface area contributed by atoms with E-state index in [4.69, 9.17) is 4.74 Å². The van der Waals surface area contributed by atoms with Crippen LogP contribution in [0.25, 0.3) is 0 Å². The van der Waals surface area contributed by atoms with Gasteiger partial charge in [-0.25, -0.2) is 0 Å². The molecule has 3 aliphatic rings. The van der Waals surface area contributed by atoms with E-state index in [1.54, 1.807) is 0 Å². The molecule has 0 spiro atoms. The molecule has 1 aromatic rings. The van der Waals surface area contributed by atoms with Gasteiger partial charge in [0.25, 0.3) is 5.91 Å². The van der Waals surface area contributed by atoms with Crippen LogP contribution in [0.5, 0.6) is 0 Å². The van der Waals surface area contributed by atoms with Gasteiger partial charge in [0.05, 0.1) is 13.2 Å². The van der Waals surface area contributed by atoms with Gasteiger partial charge in [-0.1, -0.05) is 6.42 Å². The number of carbonyl (C=O) groups is 1. The highest BCUT2D eigenvalue weighted by Crippen LogP contribution is 2.26. The quantitative estimate of drug-likeness (QED) is 0.843. The standard InChI is InChI=1S/C20H29N3O2/c24-20(23-10-2-9-21(11-12-23)18-3-1-4-18)17-5-7-19(8-6-17)22-13-15-25-16-14-22/h5-8,18H,1-4,9-16H2. The summed E-state index contributed by atoms with van der Waals surface area (Å²) in [6.07, 6.45) is 5.15. The topological polar surface area (TPSA) is 36.0 Å². The van der Waals surface area contributed by atoms with E-state index in [1.807, 2.05) is 17.0 Å². The highest BCUT2D eigenvalue weighted by Gasteiger charge is 2.28. The van der Waals surface area contributed by atoms with E-state index in [1.165, 1.54) is 24.9 Å². The Bertz CT molecular complexity index is 579. The van der Waals surface area contributed by atoms with Crippen LogP contribution in [0.4, 0.5) is 5.69 Å². The average molecular weight is 343 g/mol. The van der Waals surface area contributed by atoms with Gasteiger partial charge in [0.1, 0.15) is 0 Å². The zero-order chi connectivity index (χ0) is 17.1. The minimum atomic E-state index is 0.184. The first-order valence-corrected chi connectivity index (χ1v) is 9.77. The monoisotopic (exact) mass is 343 g/mol. The number of rotatable bonds is 3. The molecule has 136 valence electrons. The highest BCUT2D eigenvalue weighted by molar-refractivity contribution is 5.94. The van der Waals surface area contributed by atoms with Gasteiger partial charge in [0.15, 0.2) is 0 Å². The molecule has 0 radical (unpaired) electrons. The van der Waals surface area contributed by atoms with E-state index >= 15 is 0 Å². The lowest BCUT2D eigenvalue weighted by molar-refractivity contribution is 0.0749. The van der Waals surface area contributed by atoms with Crippen molar-refractivity contribution in [3.05, 3.63) is 29.8 Å². The first-order valence-electron chi connectivity index (χ1n) is 9.77. The summed E-state index contributed by atoms with van der Waals surface area (Å²) in [5, 5.41) is 0. The number of carbonyl (C=O) groups excluding carboxylic acids is 1. The molecular formula is C20H29N3O2. The lowest BCUT2D eigenvalue weighted by Gasteiger charge is -2.36. The predicted molar refractivity (Wildman–Crippen MR) is 99.2 cm³/mol. The third-order valence-electron chi connectivity index (χ3n) is 5.90. The van der Waals surface area contributed by atoms with Crippen LogP contribution in [-0.4, -0.2) is 74.2 Å². The molecule has 25 heavy (non-hydrogen) atoms. The highest BCUT2D eigenvalue weighted by atomic mass is 16.5. The summed E-state index contributed by atoms with van der Waals surface area (Å²) < 4.78 is 5.41. The van der Waals surface area contributed by atoms with Crippen molar-refractivity contribution in [3.8, 4) is 0 Å². The molecule has 0 aromatic heterocycles. The maximum Gasteiger partial charge on any atom is 0.253 e. The van der Waals surface area contributed by atoms with Crippen LogP contribution in [-0.2, 0) is 4.74 Å². The molecule has 1 saturated carbocycles. The second-order valence-corrected chi connectivity index (χ2v) is 7.41. The molecule has 0 N–H and O–H groups in total. The van der Waals surface area contributed by atoms with E-state index in [0.717, 1.165) is 70.5 Å². The van der Waals surface area contributed by atoms with Crippen LogP contribution in [0.3, 0.4) is 0 Å². The Labute approximate surface area is 150 Å². The van der Waals surface area contributed by atoms with Gasteiger partial charge >= 0.3 is 0 Å². The van der Waals surface area contributed by atoms with Gasteiger partial charge in [-0.3, -0.25) is 9.69 Å². The van der Waals surface area contributed by atoms with Gasteiger partial charge in [0, 0.05) is 56.6 Å². The minimum absolute atomic E-state index is 0.184. The molecule has 4 rings (SSSR count). The van der Waals surface area contributed by atoms with E-state index in [0.29, 0.717) is 0 Å². The number of morpholine rings is 1. The van der Waals surface area contributed by atoms with Crippen molar-refractivity contribution >= 4 is 11.6 Å². The van der Waals surface area contributed by atoms with Crippen molar-refractivity contribution in [1.29, 1.82) is 0 Å². The molecule has 5 heteroatoms. The third kappa shape index (κ3) is 3.82. The van der Waals surface area contributed by atoms with Crippen LogP contribution in [0.15, 0.2) is 24.3 Å². The molecular weight excluding hydrogens is 314 g/mol. The van der Waals surface area contributed by atoms with Gasteiger partial charge in [0.2, 0.25) is 0 Å². The fourth-order valence-electron chi connectivity index (χ4n) is 4.08. The normalized spacial score (nSPS) is 23.2. The van der Waals surface area contributed by atoms with Gasteiger partial charge < -0.3 is 14.5 Å². The van der Waals surface area contributed by atoms with Crippen LogP contribution >= 0.6 is 0 Å². The smallest absolute Gasteiger partial charge is 0.253 e. The summed E-state index contributed by atoms with van der Waals surface area (Å²) >= 11 is 0. The summed E-state index contributed by atoms with van der Waals surface area (Å²) in [6.45, 7) is 7.34. The van der Waals surface area contributed by atoms with E-state index < -0.39 is 0 Å². The molecule has 3 fully saturated rings. The second-order valence-electron chi connectivity index (χ2n) is 7.41. The van der Waals surface area contributed by atoms with Crippen molar-refractivity contribution in [2.45, 2.75) is 31.7 Å². The van der Waals surface area contributed by atoms with E-state index in [2.05, 4.69) is 21.9 Å². The Morgan fingerprint density at radius 2 is 1.64 bits per heavy atom. The number of hydrogen-bond donors (Lipinski definition) is 0. The zero-order valence-electron chi connectivity index (χ0n) is 15.0. The first-order chi connectivity index (χ1) is 12.3. The zero-order valence-corrected chi connectivity index (χ0v) is 15.0. The van der Waals surface area contributed by atoms with Crippen LogP contribution in [0.2, 0.25) is 0 Å². The van der Waals surface area contributed by atoms with Crippen LogP contribution < -0.4 is 4.90 Å². The number of anilines is 1. The van der Waals surface area contributed by atoms with Crippen molar-refractivity contribution < 1.29 is 9.53 Å². The largest absolute Gasteiger partial charge is 0.378 e. The summed E-state index contributed by atoms with van der Waals surface area (Å²) in [6, 6.07) is 8.92. The van der Waals surface area contributed by atoms with E-state index in [9.17, 15) is 4.79 Å². The lowest BCUT2D eigenvalue weighted by Crippen LogP contribution is -2.42. The fraction of sp³-hybridized carbons (Fsp3) is 0.650. The molecule has 0 unspecified atom stereocenters. The first kappa shape index (κ1) is 16.9. The number of ether oxygens (including phenoxy) is 1. The molecule has 2 aliphatic heterocycles. The molecule has 2 heterocycles. The number of benzene rings is 1. The Kier molecular flexibility index (Phi) is 5.22. The van der Waals surface area contributed by atoms with Crippen molar-refractivity contribution in [2.24, 2.45) is 0 Å². The molecule has 0 atom stereocenters. The van der Waals surface area contributed by atoms with Crippen molar-refractivity contribution in [2.75, 3.05) is 57.4 Å². The summed E-state index contributed by atoms with van der Waals surface area (Å²) in [7, 11) is 0. The molecule has 1 aliphatic carbocycles. The van der Waals surface area contributed by atoms with Crippen LogP contribution in [0, 0.1) is 0 Å². The fourth-order valence-corrected chi connectivity index (χ4v) is 4.08. The second kappa shape index (κ2) is 7.75. The van der Waals surface area contributed by atoms with E-state index in [-0.39, 0.29) is 5.91 Å². The average Bonchev–Trinajstić information content (AvgIpc) is 2.87. The molecule has 1 aromatic carbocycles. The minimum Gasteiger partial charge on any atom is -0.378 e. The van der Waals surface area contributed by atoms with Crippen molar-refractivity contribution in [3.63, 3.8) is 0 Å². The summed E-state index contributed by atoms with van der Waals surface area (Å²) in [5.41, 5.74) is 2.00. The maximum absolute atomic E-state index is 12.9. The van der Waals surface area contributed by atoms with Crippen molar-refractivity contribution in [1.82, 2.24) is 9.80 Å². The molecule has 0 bridgehead atoms. The Morgan fingerprint density at radius 3 is 2.32 bits per heavy atom. The maximum atomic E-state index is 12.9. The lowest BCUT2D eigenvalue weighted by atomic mass is 9.91. The number of nitrogens with zero attached hydrogens (tertiary/aromatic N) is 3. The van der Waals surface area contributed by atoms with Gasteiger partial charge in [-0.2, -0.15) is 0 Å². The Balaban J connectivity index is 1.36. The number of amides is 1. The van der Waals surface area contributed by atoms with Crippen LogP contribution in [0.1, 0.15) is 36.0 Å². The molecule has 5 nitrogen and oxygen atoms in total. The SMILES string of the molecule is O=C(c1ccc(N2CCOCC2)cc1)N1CCCN(C2CCC2)CC1. The molecule has 1 amide bonds. The summed E-state index contributed by atoms with van der Waals surface area (Å²) in [5.74, 6) is 0.184. The Hall–Kier alpha value is -1.59. The summed E-state index contributed by atoms with van der Waals surface area (Å²) in [4.78, 5) is 19.8. The Morgan fingerprint density at radius 1 is 0.880 bits per heavy atom.